The fraction of sp³-hybridized carbons (Fsp3) is 0.467. The molecule has 1 aromatic carbocycles. The molecule has 1 aliphatic heterocycles. The topological polar surface area (TPSA) is 55.8 Å². The molecule has 1 aromatic rings. The summed E-state index contributed by atoms with van der Waals surface area (Å²) < 4.78 is 11.1. The Morgan fingerprint density at radius 3 is 2.80 bits per heavy atom. The maximum atomic E-state index is 11.9. The van der Waals surface area contributed by atoms with Gasteiger partial charge >= 0.3 is 0 Å². The van der Waals surface area contributed by atoms with E-state index in [9.17, 15) is 9.59 Å². The highest BCUT2D eigenvalue weighted by Gasteiger charge is 2.24. The fourth-order valence-corrected chi connectivity index (χ4v) is 2.04. The molecule has 0 aromatic heterocycles. The normalized spacial score (nSPS) is 13.9. The van der Waals surface area contributed by atoms with Crippen molar-refractivity contribution in [3.8, 4) is 11.5 Å². The molecule has 108 valence electrons. The summed E-state index contributed by atoms with van der Waals surface area (Å²) in [6.45, 7) is 3.05. The van der Waals surface area contributed by atoms with Crippen LogP contribution < -0.4 is 9.47 Å². The molecule has 0 spiro atoms. The van der Waals surface area contributed by atoms with E-state index in [-0.39, 0.29) is 11.6 Å². The van der Waals surface area contributed by atoms with Gasteiger partial charge in [0.1, 0.15) is 18.1 Å². The molecule has 0 unspecified atom stereocenters. The van der Waals surface area contributed by atoms with Crippen molar-refractivity contribution < 1.29 is 19.1 Å². The van der Waals surface area contributed by atoms with Gasteiger partial charge in [0.15, 0.2) is 11.6 Å². The lowest BCUT2D eigenvalue weighted by Gasteiger charge is -2.20. The van der Waals surface area contributed by atoms with Crippen molar-refractivity contribution >= 4 is 11.6 Å². The summed E-state index contributed by atoms with van der Waals surface area (Å²) in [6.07, 6.45) is 0.339. The second-order valence-electron chi connectivity index (χ2n) is 5.08. The van der Waals surface area contributed by atoms with Gasteiger partial charge in [-0.3, -0.25) is 9.59 Å². The summed E-state index contributed by atoms with van der Waals surface area (Å²) in [6, 6.07) is 3.31. The number of likely N-dealkylation sites (N-methyl/N-ethyl adjacent to an activating group) is 1. The lowest BCUT2D eigenvalue weighted by molar-refractivity contribution is 0.0929. The van der Waals surface area contributed by atoms with Crippen LogP contribution in [0.25, 0.3) is 0 Å². The number of rotatable bonds is 5. The first kappa shape index (κ1) is 14.5. The van der Waals surface area contributed by atoms with Crippen molar-refractivity contribution in [2.45, 2.75) is 13.3 Å². The summed E-state index contributed by atoms with van der Waals surface area (Å²) in [5.74, 6) is 0.796. The van der Waals surface area contributed by atoms with E-state index in [1.165, 1.54) is 6.92 Å². The minimum atomic E-state index is -0.131. The zero-order valence-electron chi connectivity index (χ0n) is 12.1. The molecule has 0 radical (unpaired) electrons. The quantitative estimate of drug-likeness (QED) is 0.768. The first-order valence-electron chi connectivity index (χ1n) is 6.61. The molecule has 20 heavy (non-hydrogen) atoms. The number of nitrogens with zero attached hydrogens (tertiary/aromatic N) is 1. The van der Waals surface area contributed by atoms with E-state index < -0.39 is 0 Å². The molecule has 0 aliphatic carbocycles. The fourth-order valence-electron chi connectivity index (χ4n) is 2.04. The van der Waals surface area contributed by atoms with Gasteiger partial charge in [-0.05, 0) is 33.2 Å². The number of hydrogen-bond donors (Lipinski definition) is 0. The van der Waals surface area contributed by atoms with Crippen molar-refractivity contribution in [3.63, 3.8) is 0 Å². The maximum absolute atomic E-state index is 11.9. The number of Topliss-reactive ketones (excluding diaryl/α,β-unsaturated/α-hetero) is 2. The average molecular weight is 277 g/mol. The van der Waals surface area contributed by atoms with Crippen LogP contribution in [0, 0.1) is 0 Å². The van der Waals surface area contributed by atoms with Gasteiger partial charge in [-0.15, -0.1) is 0 Å². The molecule has 0 bridgehead atoms. The third kappa shape index (κ3) is 3.17. The highest BCUT2D eigenvalue weighted by atomic mass is 16.5. The lowest BCUT2D eigenvalue weighted by Crippen LogP contribution is -2.20. The summed E-state index contributed by atoms with van der Waals surface area (Å²) in [5, 5.41) is 0. The Morgan fingerprint density at radius 1 is 1.40 bits per heavy atom. The summed E-state index contributed by atoms with van der Waals surface area (Å²) in [5.41, 5.74) is 0.860. The number of carbonyl (C=O) groups excluding carboxylic acids is 2. The number of fused-ring (bicyclic) bond motifs is 1. The predicted octanol–water partition coefficient (Wildman–Crippen LogP) is 1.79. The largest absolute Gasteiger partial charge is 0.492 e. The van der Waals surface area contributed by atoms with E-state index in [0.29, 0.717) is 42.3 Å². The SMILES string of the molecule is CC(=O)c1cc(OCCN(C)C)cc2c1OCCC2=O. The first-order chi connectivity index (χ1) is 9.49. The molecule has 0 saturated carbocycles. The van der Waals surface area contributed by atoms with Crippen LogP contribution in [0.2, 0.25) is 0 Å². The summed E-state index contributed by atoms with van der Waals surface area (Å²) in [4.78, 5) is 25.6. The van der Waals surface area contributed by atoms with Crippen molar-refractivity contribution in [2.75, 3.05) is 33.9 Å². The highest BCUT2D eigenvalue weighted by Crippen LogP contribution is 2.33. The Hall–Kier alpha value is -1.88. The van der Waals surface area contributed by atoms with Gasteiger partial charge < -0.3 is 14.4 Å². The first-order valence-corrected chi connectivity index (χ1v) is 6.61. The molecule has 1 aliphatic rings. The second kappa shape index (κ2) is 6.05. The number of ether oxygens (including phenoxy) is 2. The minimum absolute atomic E-state index is 0.00758. The minimum Gasteiger partial charge on any atom is -0.492 e. The van der Waals surface area contributed by atoms with Gasteiger partial charge in [0.2, 0.25) is 0 Å². The van der Waals surface area contributed by atoms with Crippen LogP contribution in [0.5, 0.6) is 11.5 Å². The Morgan fingerprint density at radius 2 is 2.15 bits per heavy atom. The van der Waals surface area contributed by atoms with Crippen LogP contribution in [-0.4, -0.2) is 50.3 Å². The molecule has 0 atom stereocenters. The molecule has 5 heteroatoms. The predicted molar refractivity (Wildman–Crippen MR) is 74.9 cm³/mol. The molecule has 2 rings (SSSR count). The van der Waals surface area contributed by atoms with Crippen LogP contribution in [0.3, 0.4) is 0 Å². The smallest absolute Gasteiger partial charge is 0.170 e. The van der Waals surface area contributed by atoms with E-state index in [4.69, 9.17) is 9.47 Å². The molecular formula is C15H19NO4. The van der Waals surface area contributed by atoms with Gasteiger partial charge in [0, 0.05) is 13.0 Å². The molecular weight excluding hydrogens is 258 g/mol. The van der Waals surface area contributed by atoms with Crippen molar-refractivity contribution in [3.05, 3.63) is 23.3 Å². The lowest BCUT2D eigenvalue weighted by atomic mass is 9.99. The summed E-state index contributed by atoms with van der Waals surface area (Å²) >= 11 is 0. The van der Waals surface area contributed by atoms with Crippen molar-refractivity contribution in [1.82, 2.24) is 4.90 Å². The monoisotopic (exact) mass is 277 g/mol. The van der Waals surface area contributed by atoms with Gasteiger partial charge in [-0.1, -0.05) is 0 Å². The zero-order valence-corrected chi connectivity index (χ0v) is 12.1. The third-order valence-corrected chi connectivity index (χ3v) is 3.12. The van der Waals surface area contributed by atoms with E-state index in [0.717, 1.165) is 6.54 Å². The van der Waals surface area contributed by atoms with Gasteiger partial charge in [0.05, 0.1) is 17.7 Å². The van der Waals surface area contributed by atoms with E-state index in [2.05, 4.69) is 0 Å². The van der Waals surface area contributed by atoms with Crippen molar-refractivity contribution in [2.24, 2.45) is 0 Å². The third-order valence-electron chi connectivity index (χ3n) is 3.12. The van der Waals surface area contributed by atoms with Crippen LogP contribution >= 0.6 is 0 Å². The number of ketones is 2. The van der Waals surface area contributed by atoms with Crippen LogP contribution in [-0.2, 0) is 0 Å². The molecule has 0 amide bonds. The highest BCUT2D eigenvalue weighted by molar-refractivity contribution is 6.06. The van der Waals surface area contributed by atoms with Crippen LogP contribution in [0.1, 0.15) is 34.1 Å². The molecule has 0 N–H and O–H groups in total. The number of benzene rings is 1. The van der Waals surface area contributed by atoms with Gasteiger partial charge in [-0.25, -0.2) is 0 Å². The Kier molecular flexibility index (Phi) is 4.39. The average Bonchev–Trinajstić information content (AvgIpc) is 2.38. The zero-order chi connectivity index (χ0) is 14.7. The maximum Gasteiger partial charge on any atom is 0.170 e. The van der Waals surface area contributed by atoms with E-state index in [1.54, 1.807) is 12.1 Å². The van der Waals surface area contributed by atoms with Crippen LogP contribution in [0.15, 0.2) is 12.1 Å². The van der Waals surface area contributed by atoms with Crippen molar-refractivity contribution in [1.29, 1.82) is 0 Å². The van der Waals surface area contributed by atoms with E-state index >= 15 is 0 Å². The van der Waals surface area contributed by atoms with Crippen LogP contribution in [0.4, 0.5) is 0 Å². The Bertz CT molecular complexity index is 520. The molecule has 1 heterocycles. The molecule has 0 saturated heterocycles. The standard InChI is InChI=1S/C15H19NO4/c1-10(17)12-8-11(19-7-5-16(2)3)9-13-14(18)4-6-20-15(12)13/h8-9H,4-7H2,1-3H3. The second-order valence-corrected chi connectivity index (χ2v) is 5.08. The molecule has 5 nitrogen and oxygen atoms in total. The summed E-state index contributed by atoms with van der Waals surface area (Å²) in [7, 11) is 3.91. The van der Waals surface area contributed by atoms with E-state index in [1.807, 2.05) is 19.0 Å². The van der Waals surface area contributed by atoms with Gasteiger partial charge in [-0.2, -0.15) is 0 Å². The number of carbonyl (C=O) groups is 2. The Labute approximate surface area is 118 Å². The molecule has 0 fully saturated rings. The Balaban J connectivity index is 2.30. The number of hydrogen-bond acceptors (Lipinski definition) is 5. The van der Waals surface area contributed by atoms with Gasteiger partial charge in [0.25, 0.3) is 0 Å².